The van der Waals surface area contributed by atoms with Gasteiger partial charge in [0.1, 0.15) is 4.21 Å². The molecule has 0 amide bonds. The molecule has 1 aliphatic heterocycles. The van der Waals surface area contributed by atoms with Crippen molar-refractivity contribution in [3.8, 4) is 0 Å². The van der Waals surface area contributed by atoms with Gasteiger partial charge in [0.2, 0.25) is 16.0 Å². The quantitative estimate of drug-likeness (QED) is 0.491. The highest BCUT2D eigenvalue weighted by Gasteiger charge is 2.51. The summed E-state index contributed by atoms with van der Waals surface area (Å²) in [6.45, 7) is 1.92. The summed E-state index contributed by atoms with van der Waals surface area (Å²) >= 11 is 1.10. The standard InChI is InChI=1S/C19H25F3N4O4S2/c1-18(27,19(20,21)22)14-10-23-17(24-11-14)26-15(9-13-4-6-30-7-5-13)12-25-32(28,29)16-3-2-8-31-16/h2-3,8,10-11,13,15,25,27H,4-7,9,12H2,1H3,(H,23,24,26)/t15-,18?/m0/s1. The molecular formula is C19H25F3N4O4S2. The zero-order chi connectivity index (χ0) is 23.4. The van der Waals surface area contributed by atoms with E-state index >= 15 is 0 Å². The number of hydrogen-bond donors (Lipinski definition) is 3. The lowest BCUT2D eigenvalue weighted by Crippen LogP contribution is -2.40. The molecule has 3 N–H and O–H groups in total. The van der Waals surface area contributed by atoms with Crippen LogP contribution >= 0.6 is 11.3 Å². The van der Waals surface area contributed by atoms with E-state index < -0.39 is 33.4 Å². The van der Waals surface area contributed by atoms with Crippen LogP contribution in [0.25, 0.3) is 0 Å². The Hall–Kier alpha value is -1.80. The van der Waals surface area contributed by atoms with Gasteiger partial charge < -0.3 is 15.2 Å². The maximum atomic E-state index is 13.0. The summed E-state index contributed by atoms with van der Waals surface area (Å²) in [7, 11) is -3.68. The van der Waals surface area contributed by atoms with E-state index in [9.17, 15) is 26.7 Å². The largest absolute Gasteiger partial charge is 0.421 e. The van der Waals surface area contributed by atoms with E-state index in [1.165, 1.54) is 6.07 Å². The number of rotatable bonds is 9. The molecule has 0 saturated carbocycles. The summed E-state index contributed by atoms with van der Waals surface area (Å²) in [4.78, 5) is 7.81. The Morgan fingerprint density at radius 3 is 2.50 bits per heavy atom. The first-order valence-electron chi connectivity index (χ1n) is 9.98. The second kappa shape index (κ2) is 10.00. The van der Waals surface area contributed by atoms with Crippen LogP contribution in [0, 0.1) is 5.92 Å². The first-order valence-corrected chi connectivity index (χ1v) is 12.3. The minimum atomic E-state index is -4.88. The van der Waals surface area contributed by atoms with Crippen molar-refractivity contribution in [2.24, 2.45) is 5.92 Å². The van der Waals surface area contributed by atoms with Crippen molar-refractivity contribution >= 4 is 27.3 Å². The van der Waals surface area contributed by atoms with Gasteiger partial charge in [0.15, 0.2) is 5.60 Å². The number of nitrogens with one attached hydrogen (secondary N) is 2. The summed E-state index contributed by atoms with van der Waals surface area (Å²) in [6, 6.07) is 2.74. The van der Waals surface area contributed by atoms with Crippen molar-refractivity contribution in [3.63, 3.8) is 0 Å². The molecule has 3 heterocycles. The van der Waals surface area contributed by atoms with Crippen LogP contribution in [0.1, 0.15) is 31.7 Å². The van der Waals surface area contributed by atoms with Crippen molar-refractivity contribution < 1.29 is 31.4 Å². The molecule has 0 radical (unpaired) electrons. The van der Waals surface area contributed by atoms with Crippen molar-refractivity contribution in [2.45, 2.75) is 48.2 Å². The predicted octanol–water partition coefficient (Wildman–Crippen LogP) is 2.88. The van der Waals surface area contributed by atoms with Crippen LogP contribution in [-0.4, -0.2) is 55.5 Å². The highest BCUT2D eigenvalue weighted by atomic mass is 32.2. The maximum absolute atomic E-state index is 13.0. The fourth-order valence-electron chi connectivity index (χ4n) is 3.28. The number of aromatic nitrogens is 2. The van der Waals surface area contributed by atoms with Gasteiger partial charge in [-0.1, -0.05) is 6.07 Å². The molecular weight excluding hydrogens is 469 g/mol. The molecule has 2 atom stereocenters. The van der Waals surface area contributed by atoms with E-state index in [2.05, 4.69) is 20.0 Å². The third kappa shape index (κ3) is 6.16. The molecule has 0 aromatic carbocycles. The average molecular weight is 495 g/mol. The summed E-state index contributed by atoms with van der Waals surface area (Å²) in [6.07, 6.45) is -0.818. The van der Waals surface area contributed by atoms with Gasteiger partial charge in [-0.2, -0.15) is 13.2 Å². The number of thiophene rings is 1. The zero-order valence-corrected chi connectivity index (χ0v) is 18.9. The number of alkyl halides is 3. The SMILES string of the molecule is CC(O)(c1cnc(N[C@H](CNS(=O)(=O)c2cccs2)CC2CCOCC2)nc1)C(F)(F)F. The molecule has 1 aliphatic rings. The van der Waals surface area contributed by atoms with E-state index in [1.54, 1.807) is 11.4 Å². The first-order chi connectivity index (χ1) is 15.0. The van der Waals surface area contributed by atoms with Crippen LogP contribution in [0.3, 0.4) is 0 Å². The summed E-state index contributed by atoms with van der Waals surface area (Å²) < 4.78 is 72.2. The van der Waals surface area contributed by atoms with Gasteiger partial charge in [-0.3, -0.25) is 0 Å². The highest BCUT2D eigenvalue weighted by Crippen LogP contribution is 2.37. The van der Waals surface area contributed by atoms with Gasteiger partial charge in [0, 0.05) is 43.8 Å². The lowest BCUT2D eigenvalue weighted by molar-refractivity contribution is -0.259. The number of hydrogen-bond acceptors (Lipinski definition) is 8. The second-order valence-corrected chi connectivity index (χ2v) is 10.7. The molecule has 32 heavy (non-hydrogen) atoms. The summed E-state index contributed by atoms with van der Waals surface area (Å²) in [5, 5.41) is 14.4. The van der Waals surface area contributed by atoms with Gasteiger partial charge in [-0.05, 0) is 43.6 Å². The van der Waals surface area contributed by atoms with Gasteiger partial charge in [0.05, 0.1) is 0 Å². The molecule has 0 spiro atoms. The fraction of sp³-hybridized carbons (Fsp3) is 0.579. The molecule has 2 aromatic rings. The maximum Gasteiger partial charge on any atom is 0.421 e. The lowest BCUT2D eigenvalue weighted by Gasteiger charge is -2.28. The highest BCUT2D eigenvalue weighted by molar-refractivity contribution is 7.91. The summed E-state index contributed by atoms with van der Waals surface area (Å²) in [5.41, 5.74) is -3.57. The van der Waals surface area contributed by atoms with Crippen LogP contribution < -0.4 is 10.0 Å². The van der Waals surface area contributed by atoms with Crippen LogP contribution in [0.2, 0.25) is 0 Å². The molecule has 2 aromatic heterocycles. The number of ether oxygens (including phenoxy) is 1. The molecule has 1 saturated heterocycles. The molecule has 8 nitrogen and oxygen atoms in total. The van der Waals surface area contributed by atoms with E-state index in [-0.39, 0.29) is 22.6 Å². The van der Waals surface area contributed by atoms with Crippen molar-refractivity contribution in [3.05, 3.63) is 35.5 Å². The van der Waals surface area contributed by atoms with E-state index in [4.69, 9.17) is 4.74 Å². The van der Waals surface area contributed by atoms with E-state index in [0.29, 0.717) is 26.6 Å². The number of halogens is 3. The second-order valence-electron chi connectivity index (χ2n) is 7.78. The molecule has 13 heteroatoms. The third-order valence-corrected chi connectivity index (χ3v) is 8.16. The van der Waals surface area contributed by atoms with Crippen molar-refractivity contribution in [1.29, 1.82) is 0 Å². The molecule has 0 aliphatic carbocycles. The van der Waals surface area contributed by atoms with Gasteiger partial charge >= 0.3 is 6.18 Å². The Kier molecular flexibility index (Phi) is 7.76. The first kappa shape index (κ1) is 24.8. The number of aliphatic hydroxyl groups is 1. The van der Waals surface area contributed by atoms with Gasteiger partial charge in [-0.15, -0.1) is 11.3 Å². The monoisotopic (exact) mass is 494 g/mol. The molecule has 178 valence electrons. The summed E-state index contributed by atoms with van der Waals surface area (Å²) in [5.74, 6) is 0.330. The Morgan fingerprint density at radius 1 is 1.28 bits per heavy atom. The van der Waals surface area contributed by atoms with Gasteiger partial charge in [-0.25, -0.2) is 23.1 Å². The molecule has 0 bridgehead atoms. The molecule has 1 unspecified atom stereocenters. The Bertz CT molecular complexity index is 961. The van der Waals surface area contributed by atoms with Crippen molar-refractivity contribution in [1.82, 2.24) is 14.7 Å². The van der Waals surface area contributed by atoms with E-state index in [1.807, 2.05) is 0 Å². The Labute approximate surface area is 188 Å². The fourth-order valence-corrected chi connectivity index (χ4v) is 5.39. The van der Waals surface area contributed by atoms with Crippen LogP contribution in [0.5, 0.6) is 0 Å². The molecule has 3 rings (SSSR count). The topological polar surface area (TPSA) is 113 Å². The lowest BCUT2D eigenvalue weighted by atomic mass is 9.92. The number of nitrogens with zero attached hydrogens (tertiary/aromatic N) is 2. The minimum absolute atomic E-state index is 0.0408. The third-order valence-electron chi connectivity index (χ3n) is 5.34. The van der Waals surface area contributed by atoms with E-state index in [0.717, 1.165) is 36.6 Å². The van der Waals surface area contributed by atoms with Crippen LogP contribution in [0.4, 0.5) is 19.1 Å². The van der Waals surface area contributed by atoms with Crippen LogP contribution in [0.15, 0.2) is 34.1 Å². The predicted molar refractivity (Wildman–Crippen MR) is 113 cm³/mol. The molecule has 1 fully saturated rings. The van der Waals surface area contributed by atoms with Crippen LogP contribution in [-0.2, 0) is 20.4 Å². The number of anilines is 1. The average Bonchev–Trinajstić information content (AvgIpc) is 3.28. The zero-order valence-electron chi connectivity index (χ0n) is 17.3. The van der Waals surface area contributed by atoms with Crippen molar-refractivity contribution in [2.75, 3.05) is 25.1 Å². The number of sulfonamides is 1. The Balaban J connectivity index is 1.71. The minimum Gasteiger partial charge on any atom is -0.381 e. The Morgan fingerprint density at radius 2 is 1.94 bits per heavy atom. The smallest absolute Gasteiger partial charge is 0.381 e. The normalized spacial score (nSPS) is 18.8. The van der Waals surface area contributed by atoms with Gasteiger partial charge in [0.25, 0.3) is 0 Å².